The molecule has 4 nitrogen and oxygen atoms in total. The molecule has 2 rings (SSSR count). The van der Waals surface area contributed by atoms with Crippen LogP contribution < -0.4 is 0 Å². The Morgan fingerprint density at radius 3 is 2.50 bits per heavy atom. The number of benzene rings is 1. The number of carboxylic acids is 1. The molecule has 1 heterocycles. The molecule has 0 saturated heterocycles. The predicted octanol–water partition coefficient (Wildman–Crippen LogP) is 3.33. The van der Waals surface area contributed by atoms with Crippen LogP contribution in [0, 0.1) is 0 Å². The van der Waals surface area contributed by atoms with Crippen molar-refractivity contribution >= 4 is 23.5 Å². The van der Waals surface area contributed by atoms with Gasteiger partial charge in [0.1, 0.15) is 0 Å². The maximum atomic E-state index is 11.1. The highest BCUT2D eigenvalue weighted by Gasteiger charge is 2.13. The summed E-state index contributed by atoms with van der Waals surface area (Å²) in [7, 11) is 0. The summed E-state index contributed by atoms with van der Waals surface area (Å²) in [5.74, 6) is -0.880. The average Bonchev–Trinajstić information content (AvgIpc) is 2.78. The highest BCUT2D eigenvalue weighted by Crippen LogP contribution is 2.31. The van der Waals surface area contributed by atoms with Crippen LogP contribution in [0.25, 0.3) is 0 Å². The summed E-state index contributed by atoms with van der Waals surface area (Å²) < 4.78 is 5.30. The average molecular weight is 262 g/mol. The standard InChI is InChI=1S/C13H10O4S/c1-8(14)10-6-7-12(17-10)18-11-5-3-2-4-9(11)13(15)16/h2-7H,1H3,(H,15,16). The first-order chi connectivity index (χ1) is 8.58. The van der Waals surface area contributed by atoms with Crippen LogP contribution in [0.4, 0.5) is 0 Å². The number of ketones is 1. The molecular formula is C13H10O4S. The number of aromatic carboxylic acids is 1. The fourth-order valence-corrected chi connectivity index (χ4v) is 2.30. The second kappa shape index (κ2) is 5.10. The van der Waals surface area contributed by atoms with Gasteiger partial charge in [-0.25, -0.2) is 4.79 Å². The highest BCUT2D eigenvalue weighted by molar-refractivity contribution is 7.99. The lowest BCUT2D eigenvalue weighted by atomic mass is 10.2. The van der Waals surface area contributed by atoms with Gasteiger partial charge >= 0.3 is 5.97 Å². The normalized spacial score (nSPS) is 10.3. The first-order valence-corrected chi connectivity index (χ1v) is 6.00. The molecule has 0 aliphatic rings. The Morgan fingerprint density at radius 1 is 1.17 bits per heavy atom. The summed E-state index contributed by atoms with van der Waals surface area (Å²) in [6, 6.07) is 9.87. The molecule has 0 fully saturated rings. The van der Waals surface area contributed by atoms with E-state index in [1.54, 1.807) is 30.3 Å². The largest absolute Gasteiger partial charge is 0.478 e. The van der Waals surface area contributed by atoms with E-state index >= 15 is 0 Å². The van der Waals surface area contributed by atoms with Crippen molar-refractivity contribution in [2.24, 2.45) is 0 Å². The smallest absolute Gasteiger partial charge is 0.336 e. The van der Waals surface area contributed by atoms with Crippen molar-refractivity contribution in [2.75, 3.05) is 0 Å². The van der Waals surface area contributed by atoms with Gasteiger partial charge in [-0.3, -0.25) is 4.79 Å². The van der Waals surface area contributed by atoms with Crippen LogP contribution in [0.3, 0.4) is 0 Å². The fourth-order valence-electron chi connectivity index (χ4n) is 1.40. The molecule has 2 aromatic rings. The summed E-state index contributed by atoms with van der Waals surface area (Å²) in [5, 5.41) is 9.53. The lowest BCUT2D eigenvalue weighted by molar-refractivity contribution is 0.0693. The molecule has 0 bridgehead atoms. The number of Topliss-reactive ketones (excluding diaryl/α,β-unsaturated/α-hetero) is 1. The van der Waals surface area contributed by atoms with Gasteiger partial charge in [-0.05, 0) is 24.3 Å². The van der Waals surface area contributed by atoms with Gasteiger partial charge in [0, 0.05) is 11.8 Å². The van der Waals surface area contributed by atoms with Crippen LogP contribution in [0.2, 0.25) is 0 Å². The summed E-state index contributed by atoms with van der Waals surface area (Å²) in [5.41, 5.74) is 0.211. The maximum absolute atomic E-state index is 11.1. The quantitative estimate of drug-likeness (QED) is 0.856. The Balaban J connectivity index is 2.28. The van der Waals surface area contributed by atoms with E-state index in [1.807, 2.05) is 0 Å². The number of carbonyl (C=O) groups is 2. The third-order valence-corrected chi connectivity index (χ3v) is 3.25. The van der Waals surface area contributed by atoms with Gasteiger partial charge in [0.15, 0.2) is 16.6 Å². The molecule has 0 amide bonds. The van der Waals surface area contributed by atoms with E-state index in [0.717, 1.165) is 0 Å². The number of hydrogen-bond donors (Lipinski definition) is 1. The van der Waals surface area contributed by atoms with Gasteiger partial charge in [0.25, 0.3) is 0 Å². The van der Waals surface area contributed by atoms with Crippen molar-refractivity contribution in [3.8, 4) is 0 Å². The van der Waals surface area contributed by atoms with Gasteiger partial charge in [0.2, 0.25) is 0 Å². The highest BCUT2D eigenvalue weighted by atomic mass is 32.2. The zero-order valence-corrected chi connectivity index (χ0v) is 10.4. The van der Waals surface area contributed by atoms with E-state index in [4.69, 9.17) is 9.52 Å². The van der Waals surface area contributed by atoms with E-state index in [-0.39, 0.29) is 17.1 Å². The summed E-state index contributed by atoms with van der Waals surface area (Å²) in [6.07, 6.45) is 0. The molecule has 92 valence electrons. The van der Waals surface area contributed by atoms with Crippen LogP contribution in [0.1, 0.15) is 27.8 Å². The third kappa shape index (κ3) is 2.62. The summed E-state index contributed by atoms with van der Waals surface area (Å²) in [6.45, 7) is 1.42. The Morgan fingerprint density at radius 2 is 1.89 bits per heavy atom. The number of carboxylic acid groups (broad SMARTS) is 1. The Hall–Kier alpha value is -2.01. The van der Waals surface area contributed by atoms with Crippen LogP contribution in [-0.4, -0.2) is 16.9 Å². The maximum Gasteiger partial charge on any atom is 0.336 e. The first-order valence-electron chi connectivity index (χ1n) is 5.19. The molecule has 0 spiro atoms. The Bertz CT molecular complexity index is 601. The van der Waals surface area contributed by atoms with Crippen LogP contribution in [-0.2, 0) is 0 Å². The molecule has 1 N–H and O–H groups in total. The van der Waals surface area contributed by atoms with Gasteiger partial charge in [-0.2, -0.15) is 0 Å². The molecular weight excluding hydrogens is 252 g/mol. The Kier molecular flexibility index (Phi) is 3.53. The van der Waals surface area contributed by atoms with E-state index in [9.17, 15) is 9.59 Å². The van der Waals surface area contributed by atoms with E-state index in [2.05, 4.69) is 0 Å². The molecule has 0 saturated carbocycles. The Labute approximate surface area is 108 Å². The molecule has 18 heavy (non-hydrogen) atoms. The van der Waals surface area contributed by atoms with Gasteiger partial charge in [-0.1, -0.05) is 23.9 Å². The molecule has 5 heteroatoms. The molecule has 0 atom stereocenters. The molecule has 1 aromatic heterocycles. The van der Waals surface area contributed by atoms with Crippen LogP contribution in [0.5, 0.6) is 0 Å². The first kappa shape index (κ1) is 12.4. The van der Waals surface area contributed by atoms with E-state index in [0.29, 0.717) is 9.99 Å². The number of hydrogen-bond acceptors (Lipinski definition) is 4. The van der Waals surface area contributed by atoms with Crippen molar-refractivity contribution in [1.82, 2.24) is 0 Å². The summed E-state index contributed by atoms with van der Waals surface area (Å²) >= 11 is 1.18. The van der Waals surface area contributed by atoms with Crippen LogP contribution >= 0.6 is 11.8 Å². The monoisotopic (exact) mass is 262 g/mol. The minimum atomic E-state index is -0.989. The third-order valence-electron chi connectivity index (χ3n) is 2.26. The van der Waals surface area contributed by atoms with Gasteiger partial charge < -0.3 is 9.52 Å². The van der Waals surface area contributed by atoms with Crippen molar-refractivity contribution in [1.29, 1.82) is 0 Å². The lowest BCUT2D eigenvalue weighted by Gasteiger charge is -2.02. The molecule has 0 aliphatic carbocycles. The van der Waals surface area contributed by atoms with Crippen LogP contribution in [0.15, 0.2) is 50.8 Å². The minimum Gasteiger partial charge on any atom is -0.478 e. The second-order valence-electron chi connectivity index (χ2n) is 3.58. The van der Waals surface area contributed by atoms with Crippen molar-refractivity contribution in [2.45, 2.75) is 16.9 Å². The summed E-state index contributed by atoms with van der Waals surface area (Å²) in [4.78, 5) is 22.7. The number of furan rings is 1. The van der Waals surface area contributed by atoms with Crippen molar-refractivity contribution < 1.29 is 19.1 Å². The van der Waals surface area contributed by atoms with Crippen molar-refractivity contribution in [3.63, 3.8) is 0 Å². The fraction of sp³-hybridized carbons (Fsp3) is 0.0769. The minimum absolute atomic E-state index is 0.159. The van der Waals surface area contributed by atoms with E-state index in [1.165, 1.54) is 24.8 Å². The SMILES string of the molecule is CC(=O)c1ccc(Sc2ccccc2C(=O)O)o1. The molecule has 1 aromatic carbocycles. The molecule has 0 radical (unpaired) electrons. The number of carbonyl (C=O) groups excluding carboxylic acids is 1. The van der Waals surface area contributed by atoms with Crippen molar-refractivity contribution in [3.05, 3.63) is 47.7 Å². The van der Waals surface area contributed by atoms with Gasteiger partial charge in [-0.15, -0.1) is 0 Å². The molecule has 0 aliphatic heterocycles. The van der Waals surface area contributed by atoms with Gasteiger partial charge in [0.05, 0.1) is 5.56 Å². The zero-order valence-electron chi connectivity index (χ0n) is 9.54. The topological polar surface area (TPSA) is 67.5 Å². The molecule has 0 unspecified atom stereocenters. The predicted molar refractivity (Wildman–Crippen MR) is 66.2 cm³/mol. The second-order valence-corrected chi connectivity index (χ2v) is 4.62. The zero-order chi connectivity index (χ0) is 13.1. The van der Waals surface area contributed by atoms with E-state index < -0.39 is 5.97 Å². The lowest BCUT2D eigenvalue weighted by Crippen LogP contribution is -1.97. The number of rotatable bonds is 4.